The minimum atomic E-state index is -0.519. The third-order valence-corrected chi connectivity index (χ3v) is 2.74. The van der Waals surface area contributed by atoms with Crippen molar-refractivity contribution >= 4 is 17.3 Å². The Balaban J connectivity index is 2.36. The van der Waals surface area contributed by atoms with Gasteiger partial charge in [0.2, 0.25) is 0 Å². The fourth-order valence-corrected chi connectivity index (χ4v) is 1.81. The minimum absolute atomic E-state index is 0.0755. The summed E-state index contributed by atoms with van der Waals surface area (Å²) in [6, 6.07) is 9.27. The van der Waals surface area contributed by atoms with E-state index in [1.54, 1.807) is 24.3 Å². The molecule has 1 aromatic carbocycles. The van der Waals surface area contributed by atoms with Gasteiger partial charge in [-0.05, 0) is 24.3 Å². The van der Waals surface area contributed by atoms with Crippen LogP contribution >= 0.6 is 0 Å². The number of rotatable bonds is 4. The molecule has 1 amide bonds. The number of carbonyl (C=O) groups excluding carboxylic acids is 1. The monoisotopic (exact) mass is 275 g/mol. The number of halogens is 1. The number of aliphatic hydroxyl groups excluding tert-OH is 1. The topological polar surface area (TPSA) is 79.5 Å². The molecule has 104 valence electrons. The Bertz CT molecular complexity index is 602. The first-order chi connectivity index (χ1) is 9.63. The van der Waals surface area contributed by atoms with Crippen molar-refractivity contribution in [3.63, 3.8) is 0 Å². The number of hydrogen-bond acceptors (Lipinski definition) is 4. The molecule has 1 aromatic heterocycles. The molecule has 3 N–H and O–H groups in total. The summed E-state index contributed by atoms with van der Waals surface area (Å²) in [6.45, 7) is -0.145. The predicted molar refractivity (Wildman–Crippen MR) is 73.8 cm³/mol. The van der Waals surface area contributed by atoms with Crippen molar-refractivity contribution in [3.8, 4) is 0 Å². The van der Waals surface area contributed by atoms with Gasteiger partial charge in [-0.3, -0.25) is 4.79 Å². The first-order valence-corrected chi connectivity index (χ1v) is 6.02. The van der Waals surface area contributed by atoms with E-state index in [0.717, 1.165) is 12.3 Å². The average molecular weight is 275 g/mol. The van der Waals surface area contributed by atoms with Gasteiger partial charge < -0.3 is 15.7 Å². The average Bonchev–Trinajstić information content (AvgIpc) is 2.46. The van der Waals surface area contributed by atoms with Crippen LogP contribution in [0, 0.1) is 5.82 Å². The van der Waals surface area contributed by atoms with E-state index >= 15 is 0 Å². The molecule has 1 heterocycles. The number of anilines is 2. The Morgan fingerprint density at radius 2 is 2.05 bits per heavy atom. The highest BCUT2D eigenvalue weighted by Gasteiger charge is 2.20. The van der Waals surface area contributed by atoms with Crippen molar-refractivity contribution in [2.75, 3.05) is 23.8 Å². The number of nitrogens with two attached hydrogens (primary N) is 1. The molecular weight excluding hydrogens is 261 g/mol. The van der Waals surface area contributed by atoms with Gasteiger partial charge in [-0.2, -0.15) is 0 Å². The summed E-state index contributed by atoms with van der Waals surface area (Å²) in [6.07, 6.45) is 0.971. The molecule has 2 rings (SSSR count). The van der Waals surface area contributed by atoms with Crippen molar-refractivity contribution in [1.82, 2.24) is 4.98 Å². The highest BCUT2D eigenvalue weighted by Crippen LogP contribution is 2.23. The smallest absolute Gasteiger partial charge is 0.277 e. The van der Waals surface area contributed by atoms with Crippen LogP contribution in [0.1, 0.15) is 10.5 Å². The number of amides is 1. The van der Waals surface area contributed by atoms with E-state index in [-0.39, 0.29) is 18.8 Å². The van der Waals surface area contributed by atoms with Crippen molar-refractivity contribution < 1.29 is 14.3 Å². The number of para-hydroxylation sites is 2. The van der Waals surface area contributed by atoms with Crippen LogP contribution in [0.3, 0.4) is 0 Å². The van der Waals surface area contributed by atoms with Gasteiger partial charge in [0, 0.05) is 6.54 Å². The summed E-state index contributed by atoms with van der Waals surface area (Å²) >= 11 is 0. The number of pyridine rings is 1. The van der Waals surface area contributed by atoms with Crippen molar-refractivity contribution in [2.45, 2.75) is 0 Å². The van der Waals surface area contributed by atoms with Gasteiger partial charge in [-0.1, -0.05) is 12.1 Å². The number of benzene rings is 1. The van der Waals surface area contributed by atoms with Gasteiger partial charge >= 0.3 is 0 Å². The molecule has 0 spiro atoms. The maximum atomic E-state index is 12.8. The van der Waals surface area contributed by atoms with E-state index in [1.165, 1.54) is 11.0 Å². The molecule has 0 aliphatic carbocycles. The predicted octanol–water partition coefficient (Wildman–Crippen LogP) is 1.44. The van der Waals surface area contributed by atoms with Crippen molar-refractivity contribution in [1.29, 1.82) is 0 Å². The van der Waals surface area contributed by atoms with Gasteiger partial charge in [-0.15, -0.1) is 0 Å². The molecule has 0 fully saturated rings. The van der Waals surface area contributed by atoms with Crippen LogP contribution < -0.4 is 10.6 Å². The van der Waals surface area contributed by atoms with Gasteiger partial charge in [-0.25, -0.2) is 9.37 Å². The van der Waals surface area contributed by atoms with Crippen LogP contribution in [0.15, 0.2) is 42.6 Å². The summed E-state index contributed by atoms with van der Waals surface area (Å²) in [5.74, 6) is -0.966. The first-order valence-electron chi connectivity index (χ1n) is 6.02. The number of aromatic nitrogens is 1. The van der Waals surface area contributed by atoms with Crippen LogP contribution in [0.25, 0.3) is 0 Å². The van der Waals surface area contributed by atoms with E-state index in [2.05, 4.69) is 4.98 Å². The molecule has 0 saturated carbocycles. The Morgan fingerprint density at radius 3 is 2.65 bits per heavy atom. The van der Waals surface area contributed by atoms with E-state index < -0.39 is 11.7 Å². The Labute approximate surface area is 115 Å². The Kier molecular flexibility index (Phi) is 4.27. The minimum Gasteiger partial charge on any atom is -0.397 e. The SMILES string of the molecule is Nc1ccccc1N(CCO)C(=O)c1ccc(F)cn1. The third-order valence-electron chi connectivity index (χ3n) is 2.74. The summed E-state index contributed by atoms with van der Waals surface area (Å²) in [5.41, 5.74) is 6.82. The second-order valence-electron chi connectivity index (χ2n) is 4.10. The highest BCUT2D eigenvalue weighted by molar-refractivity contribution is 6.06. The van der Waals surface area contributed by atoms with Gasteiger partial charge in [0.15, 0.2) is 0 Å². The fourth-order valence-electron chi connectivity index (χ4n) is 1.81. The molecule has 0 unspecified atom stereocenters. The fraction of sp³-hybridized carbons (Fsp3) is 0.143. The number of nitrogen functional groups attached to an aromatic ring is 1. The molecule has 0 radical (unpaired) electrons. The van der Waals surface area contributed by atoms with Gasteiger partial charge in [0.25, 0.3) is 5.91 Å². The molecule has 2 aromatic rings. The normalized spacial score (nSPS) is 10.3. The summed E-state index contributed by atoms with van der Waals surface area (Å²) in [5, 5.41) is 9.11. The van der Waals surface area contributed by atoms with Crippen molar-refractivity contribution in [2.24, 2.45) is 0 Å². The Morgan fingerprint density at radius 1 is 1.30 bits per heavy atom. The summed E-state index contributed by atoms with van der Waals surface area (Å²) in [4.78, 5) is 17.4. The lowest BCUT2D eigenvalue weighted by Gasteiger charge is -2.22. The van der Waals surface area contributed by atoms with E-state index in [4.69, 9.17) is 10.8 Å². The highest BCUT2D eigenvalue weighted by atomic mass is 19.1. The van der Waals surface area contributed by atoms with E-state index in [1.807, 2.05) is 0 Å². The molecule has 0 aliphatic rings. The molecule has 0 bridgehead atoms. The molecular formula is C14H14FN3O2. The first kappa shape index (κ1) is 14.0. The largest absolute Gasteiger partial charge is 0.397 e. The van der Waals surface area contributed by atoms with E-state index in [0.29, 0.717) is 11.4 Å². The van der Waals surface area contributed by atoms with E-state index in [9.17, 15) is 9.18 Å². The van der Waals surface area contributed by atoms with Crippen molar-refractivity contribution in [3.05, 3.63) is 54.1 Å². The molecule has 20 heavy (non-hydrogen) atoms. The zero-order valence-electron chi connectivity index (χ0n) is 10.7. The lowest BCUT2D eigenvalue weighted by atomic mass is 10.2. The summed E-state index contributed by atoms with van der Waals surface area (Å²) in [7, 11) is 0. The lowest BCUT2D eigenvalue weighted by Crippen LogP contribution is -2.34. The second kappa shape index (κ2) is 6.12. The second-order valence-corrected chi connectivity index (χ2v) is 4.10. The molecule has 5 nitrogen and oxygen atoms in total. The molecule has 0 atom stereocenters. The number of nitrogens with zero attached hydrogens (tertiary/aromatic N) is 2. The van der Waals surface area contributed by atoms with Crippen LogP contribution in [-0.2, 0) is 0 Å². The zero-order valence-corrected chi connectivity index (χ0v) is 10.7. The lowest BCUT2D eigenvalue weighted by molar-refractivity contribution is 0.0976. The van der Waals surface area contributed by atoms with Crippen LogP contribution in [0.4, 0.5) is 15.8 Å². The number of aliphatic hydroxyl groups is 1. The zero-order chi connectivity index (χ0) is 14.5. The standard InChI is InChI=1S/C14H14FN3O2/c15-10-5-6-12(17-9-10)14(20)18(7-8-19)13-4-2-1-3-11(13)16/h1-6,9,19H,7-8,16H2. The summed E-state index contributed by atoms with van der Waals surface area (Å²) < 4.78 is 12.8. The quantitative estimate of drug-likeness (QED) is 0.827. The van der Waals surface area contributed by atoms with Crippen LogP contribution in [0.2, 0.25) is 0 Å². The number of hydrogen-bond donors (Lipinski definition) is 2. The maximum absolute atomic E-state index is 12.8. The number of carbonyl (C=O) groups is 1. The van der Waals surface area contributed by atoms with Crippen LogP contribution in [0.5, 0.6) is 0 Å². The molecule has 6 heteroatoms. The Hall–Kier alpha value is -2.47. The van der Waals surface area contributed by atoms with Gasteiger partial charge in [0.1, 0.15) is 11.5 Å². The van der Waals surface area contributed by atoms with Crippen LogP contribution in [-0.4, -0.2) is 29.1 Å². The maximum Gasteiger partial charge on any atom is 0.277 e. The molecule has 0 aliphatic heterocycles. The third kappa shape index (κ3) is 2.92. The van der Waals surface area contributed by atoms with Gasteiger partial charge in [0.05, 0.1) is 24.2 Å². The molecule has 0 saturated heterocycles.